The van der Waals surface area contributed by atoms with E-state index in [2.05, 4.69) is 28.9 Å². The number of carbonyl (C=O) groups excluding carboxylic acids is 1. The van der Waals surface area contributed by atoms with E-state index in [0.29, 0.717) is 12.1 Å². The molecule has 3 unspecified atom stereocenters. The van der Waals surface area contributed by atoms with Gasteiger partial charge < -0.3 is 40.1 Å². The van der Waals surface area contributed by atoms with Crippen LogP contribution in [-0.2, 0) is 36.3 Å². The summed E-state index contributed by atoms with van der Waals surface area (Å²) in [5, 5.41) is 2.70. The Morgan fingerprint density at radius 2 is 1.83 bits per heavy atom. The van der Waals surface area contributed by atoms with Crippen molar-refractivity contribution < 1.29 is 60.7 Å². The molecule has 0 saturated carbocycles. The van der Waals surface area contributed by atoms with E-state index in [0.717, 1.165) is 0 Å². The molecule has 5 atom stereocenters. The highest BCUT2D eigenvalue weighted by molar-refractivity contribution is 8.77. The van der Waals surface area contributed by atoms with Crippen molar-refractivity contribution in [3.05, 3.63) is 48.5 Å². The number of rotatable bonds is 16. The van der Waals surface area contributed by atoms with Crippen LogP contribution in [0.5, 0.6) is 0 Å². The van der Waals surface area contributed by atoms with Gasteiger partial charge in [0.05, 0.1) is 19.0 Å². The third kappa shape index (κ3) is 10.6. The summed E-state index contributed by atoms with van der Waals surface area (Å²) < 4.78 is 60.7. The van der Waals surface area contributed by atoms with Gasteiger partial charge in [-0.3, -0.25) is 13.9 Å². The quantitative estimate of drug-likeness (QED) is 0.0531. The smallest absolute Gasteiger partial charge is 0.364 e. The van der Waals surface area contributed by atoms with Gasteiger partial charge >= 0.3 is 23.5 Å². The Morgan fingerprint density at radius 3 is 2.50 bits per heavy atom. The highest BCUT2D eigenvalue weighted by atomic mass is 33.1. The molecule has 0 radical (unpaired) electrons. The molecule has 19 nitrogen and oxygen atoms in total. The van der Waals surface area contributed by atoms with Crippen LogP contribution in [0.3, 0.4) is 0 Å². The van der Waals surface area contributed by atoms with Crippen LogP contribution in [-0.4, -0.2) is 81.0 Å². The van der Waals surface area contributed by atoms with E-state index in [1.54, 1.807) is 30.3 Å². The predicted octanol–water partition coefficient (Wildman–Crippen LogP) is 3.17. The monoisotopic (exact) mass is 744 g/mol. The number of fused-ring (bicyclic) bond motifs is 1. The summed E-state index contributed by atoms with van der Waals surface area (Å²) >= 11 is 0. The Kier molecular flexibility index (Phi) is 12.2. The van der Waals surface area contributed by atoms with Crippen LogP contribution in [0, 0.1) is 0 Å². The number of amides is 1. The van der Waals surface area contributed by atoms with Gasteiger partial charge in [0.1, 0.15) is 24.6 Å². The molecule has 1 fully saturated rings. The zero-order valence-electron chi connectivity index (χ0n) is 24.1. The Morgan fingerprint density at radius 1 is 1.11 bits per heavy atom. The Labute approximate surface area is 269 Å². The summed E-state index contributed by atoms with van der Waals surface area (Å²) in [6.45, 7) is 3.59. The van der Waals surface area contributed by atoms with E-state index in [-0.39, 0.29) is 34.1 Å². The second-order valence-electron chi connectivity index (χ2n) is 10.1. The zero-order valence-corrected chi connectivity index (χ0v) is 28.4. The Bertz CT molecular complexity index is 1660. The number of phosphoric ester groups is 1. The van der Waals surface area contributed by atoms with Crippen LogP contribution in [0.1, 0.15) is 36.9 Å². The van der Waals surface area contributed by atoms with Gasteiger partial charge in [-0.05, 0) is 26.0 Å². The first-order chi connectivity index (χ1) is 21.5. The lowest BCUT2D eigenvalue weighted by molar-refractivity contribution is -0.0522. The van der Waals surface area contributed by atoms with Gasteiger partial charge in [-0.15, -0.1) is 0 Å². The highest BCUT2D eigenvalue weighted by Crippen LogP contribution is 2.66. The number of anilines is 1. The number of ether oxygens (including phenoxy) is 2. The van der Waals surface area contributed by atoms with Crippen molar-refractivity contribution in [2.75, 3.05) is 24.4 Å². The predicted molar refractivity (Wildman–Crippen MR) is 166 cm³/mol. The number of phosphoric acid groups is 3. The van der Waals surface area contributed by atoms with Gasteiger partial charge in [0, 0.05) is 23.3 Å². The maximum atomic E-state index is 12.7. The molecule has 1 aromatic carbocycles. The zero-order chi connectivity index (χ0) is 33.8. The SMILES string of the molecule is CC(C)(CN)SSCOC1C[C@H](n2cnc3c(NC(=O)c4ccccc4)ncnc32)O[C@@H]1COP(=O)(O)OP(=O)(O)OP(=O)(O)O. The van der Waals surface area contributed by atoms with Crippen LogP contribution in [0.4, 0.5) is 5.82 Å². The molecule has 7 N–H and O–H groups in total. The lowest BCUT2D eigenvalue weighted by atomic mass is 10.2. The largest absolute Gasteiger partial charge is 0.490 e. The first kappa shape index (κ1) is 37.1. The summed E-state index contributed by atoms with van der Waals surface area (Å²) in [6.07, 6.45) is 0.108. The molecule has 0 spiro atoms. The van der Waals surface area contributed by atoms with Crippen LogP contribution >= 0.6 is 45.1 Å². The van der Waals surface area contributed by atoms with Crippen molar-refractivity contribution >= 4 is 67.9 Å². The Balaban J connectivity index is 1.50. The normalized spacial score (nSPS) is 21.6. The van der Waals surface area contributed by atoms with Crippen molar-refractivity contribution in [1.82, 2.24) is 19.5 Å². The molecule has 254 valence electrons. The number of aromatic nitrogens is 4. The summed E-state index contributed by atoms with van der Waals surface area (Å²) in [5.41, 5.74) is 6.70. The number of carbonyl (C=O) groups is 1. The van der Waals surface area contributed by atoms with Crippen LogP contribution in [0.2, 0.25) is 0 Å². The van der Waals surface area contributed by atoms with Crippen LogP contribution < -0.4 is 11.1 Å². The molecule has 3 aromatic rings. The molecule has 46 heavy (non-hydrogen) atoms. The average Bonchev–Trinajstić information content (AvgIpc) is 3.57. The summed E-state index contributed by atoms with van der Waals surface area (Å²) in [7, 11) is -13.8. The number of nitrogens with zero attached hydrogens (tertiary/aromatic N) is 4. The fraction of sp³-hybridized carbons (Fsp3) is 0.455. The van der Waals surface area contributed by atoms with E-state index in [4.69, 9.17) is 29.5 Å². The number of nitrogens with one attached hydrogen (secondary N) is 1. The first-order valence-corrected chi connectivity index (χ1v) is 19.9. The van der Waals surface area contributed by atoms with Gasteiger partial charge in [-0.2, -0.15) is 8.62 Å². The molecule has 1 saturated heterocycles. The molecule has 2 aromatic heterocycles. The number of hydrogen-bond acceptors (Lipinski definition) is 15. The van der Waals surface area contributed by atoms with Gasteiger partial charge in [0.15, 0.2) is 17.0 Å². The summed E-state index contributed by atoms with van der Waals surface area (Å²) in [6, 6.07) is 8.47. The van der Waals surface area contributed by atoms with Crippen molar-refractivity contribution in [2.45, 2.75) is 43.5 Å². The maximum Gasteiger partial charge on any atom is 0.490 e. The van der Waals surface area contributed by atoms with Crippen molar-refractivity contribution in [2.24, 2.45) is 5.73 Å². The highest BCUT2D eigenvalue weighted by Gasteiger charge is 2.43. The fourth-order valence-corrected chi connectivity index (χ4v) is 9.09. The lowest BCUT2D eigenvalue weighted by Gasteiger charge is -2.23. The molecular formula is C22H31N6O13P3S2. The van der Waals surface area contributed by atoms with Gasteiger partial charge in [0.2, 0.25) is 0 Å². The molecule has 0 bridgehead atoms. The van der Waals surface area contributed by atoms with Gasteiger partial charge in [-0.1, -0.05) is 39.8 Å². The minimum absolute atomic E-state index is 0.142. The third-order valence-corrected chi connectivity index (χ3v) is 12.8. The molecule has 1 aliphatic heterocycles. The molecule has 0 aliphatic carbocycles. The van der Waals surface area contributed by atoms with Crippen molar-refractivity contribution in [1.29, 1.82) is 0 Å². The van der Waals surface area contributed by atoms with Crippen molar-refractivity contribution in [3.8, 4) is 0 Å². The van der Waals surface area contributed by atoms with E-state index in [9.17, 15) is 28.3 Å². The average molecular weight is 745 g/mol. The minimum atomic E-state index is -5.71. The van der Waals surface area contributed by atoms with Gasteiger partial charge in [0.25, 0.3) is 5.91 Å². The molecular weight excluding hydrogens is 713 g/mol. The second kappa shape index (κ2) is 15.2. The standard InChI is InChI=1S/C22H31N6O13P3S2/c1-22(2,10-23)46-45-13-37-15-8-17(39-16(15)9-38-43(33,34)41-44(35,36)40-42(30,31)32)28-12-26-18-19(24-11-25-20(18)28)27-21(29)14-6-4-3-5-7-14/h3-7,11-12,15-17H,8-10,13,23H2,1-2H3,(H,33,34)(H,35,36)(H2,30,31,32)(H,24,25,27,29)/t15?,16-,17-/m1/s1. The van der Waals surface area contributed by atoms with Crippen LogP contribution in [0.25, 0.3) is 11.2 Å². The maximum absolute atomic E-state index is 12.7. The number of imidazole rings is 1. The second-order valence-corrected chi connectivity index (χ2v) is 17.5. The number of benzene rings is 1. The van der Waals surface area contributed by atoms with Crippen LogP contribution in [0.15, 0.2) is 43.0 Å². The topological polar surface area (TPSA) is 277 Å². The molecule has 1 amide bonds. The summed E-state index contributed by atoms with van der Waals surface area (Å²) in [5.74, 6) is -0.132. The molecule has 3 heterocycles. The molecule has 24 heteroatoms. The fourth-order valence-electron chi connectivity index (χ4n) is 3.92. The van der Waals surface area contributed by atoms with E-state index < -0.39 is 54.4 Å². The van der Waals surface area contributed by atoms with E-state index in [1.807, 2.05) is 13.8 Å². The van der Waals surface area contributed by atoms with E-state index in [1.165, 1.54) is 38.8 Å². The summed E-state index contributed by atoms with van der Waals surface area (Å²) in [4.78, 5) is 62.4. The first-order valence-electron chi connectivity index (χ1n) is 13.1. The lowest BCUT2D eigenvalue weighted by Crippen LogP contribution is -2.29. The van der Waals surface area contributed by atoms with Crippen molar-refractivity contribution in [3.63, 3.8) is 0 Å². The van der Waals surface area contributed by atoms with E-state index >= 15 is 0 Å². The minimum Gasteiger partial charge on any atom is -0.364 e. The number of nitrogens with two attached hydrogens (primary N) is 1. The van der Waals surface area contributed by atoms with Gasteiger partial charge in [-0.25, -0.2) is 28.6 Å². The third-order valence-electron chi connectivity index (χ3n) is 6.04. The molecule has 1 aliphatic rings. The number of hydrogen-bond donors (Lipinski definition) is 6. The Hall–Kier alpha value is -1.77. The molecule has 4 rings (SSSR count).